The Labute approximate surface area is 188 Å². The predicted molar refractivity (Wildman–Crippen MR) is 120 cm³/mol. The van der Waals surface area contributed by atoms with Crippen molar-refractivity contribution in [2.24, 2.45) is 5.92 Å². The second-order valence-electron chi connectivity index (χ2n) is 8.00. The average molecular weight is 463 g/mol. The predicted octanol–water partition coefficient (Wildman–Crippen LogP) is 3.72. The van der Waals surface area contributed by atoms with Gasteiger partial charge in [-0.25, -0.2) is 8.42 Å². The van der Waals surface area contributed by atoms with Gasteiger partial charge in [-0.15, -0.1) is 0 Å². The fourth-order valence-corrected chi connectivity index (χ4v) is 6.32. The van der Waals surface area contributed by atoms with E-state index in [1.165, 1.54) is 21.5 Å². The number of rotatable bonds is 5. The van der Waals surface area contributed by atoms with E-state index < -0.39 is 10.0 Å². The van der Waals surface area contributed by atoms with Crippen LogP contribution in [-0.2, 0) is 27.8 Å². The summed E-state index contributed by atoms with van der Waals surface area (Å²) in [6.45, 7) is 3.96. The highest BCUT2D eigenvalue weighted by Crippen LogP contribution is 2.33. The molecule has 1 atom stereocenters. The van der Waals surface area contributed by atoms with E-state index in [1.54, 1.807) is 19.1 Å². The maximum Gasteiger partial charge on any atom is 0.246 e. The van der Waals surface area contributed by atoms with Gasteiger partial charge in [0.2, 0.25) is 15.9 Å². The Bertz CT molecular complexity index is 1070. The second kappa shape index (κ2) is 9.18. The summed E-state index contributed by atoms with van der Waals surface area (Å²) in [6, 6.07) is 12.8. The first kappa shape index (κ1) is 22.1. The molecule has 0 spiro atoms. The summed E-state index contributed by atoms with van der Waals surface area (Å²) in [5, 5.41) is 0.332. The smallest absolute Gasteiger partial charge is 0.246 e. The van der Waals surface area contributed by atoms with Crippen molar-refractivity contribution in [3.63, 3.8) is 0 Å². The van der Waals surface area contributed by atoms with Gasteiger partial charge in [-0.2, -0.15) is 4.31 Å². The van der Waals surface area contributed by atoms with Gasteiger partial charge in [-0.1, -0.05) is 35.9 Å². The fraction of sp³-hybridized carbons (Fsp3) is 0.435. The van der Waals surface area contributed by atoms with Crippen molar-refractivity contribution in [3.05, 3.63) is 58.6 Å². The monoisotopic (exact) mass is 462 g/mol. The molecule has 166 valence electrons. The molecule has 0 bridgehead atoms. The van der Waals surface area contributed by atoms with Gasteiger partial charge in [0, 0.05) is 31.2 Å². The molecule has 1 saturated heterocycles. The third-order valence-electron chi connectivity index (χ3n) is 6.00. The van der Waals surface area contributed by atoms with Crippen LogP contribution in [0.25, 0.3) is 0 Å². The Kier molecular flexibility index (Phi) is 6.55. The van der Waals surface area contributed by atoms with Crippen LogP contribution in [0.2, 0.25) is 5.02 Å². The van der Waals surface area contributed by atoms with Crippen LogP contribution < -0.4 is 4.74 Å². The number of nitrogens with zero attached hydrogens (tertiary/aromatic N) is 2. The standard InChI is InChI=1S/C23H27ClN2O4S/c1-2-30-21-10-9-20(24)14-22(21)31(28,29)26-12-5-8-19(16-26)23(27)25-13-11-17-6-3-4-7-18(17)15-25/h3-4,6-7,9-10,14,19H,2,5,8,11-13,15-16H2,1H3/t19-/m0/s1. The first-order chi connectivity index (χ1) is 14.9. The molecule has 2 aromatic carbocycles. The Morgan fingerprint density at radius 2 is 1.94 bits per heavy atom. The lowest BCUT2D eigenvalue weighted by molar-refractivity contribution is -0.137. The number of carbonyl (C=O) groups excluding carboxylic acids is 1. The van der Waals surface area contributed by atoms with Gasteiger partial charge in [0.15, 0.2) is 0 Å². The summed E-state index contributed by atoms with van der Waals surface area (Å²) in [7, 11) is -3.83. The molecule has 0 unspecified atom stereocenters. The highest BCUT2D eigenvalue weighted by atomic mass is 35.5. The molecule has 1 amide bonds. The highest BCUT2D eigenvalue weighted by Gasteiger charge is 2.37. The first-order valence-corrected chi connectivity index (χ1v) is 12.5. The minimum Gasteiger partial charge on any atom is -0.492 e. The van der Waals surface area contributed by atoms with Gasteiger partial charge in [0.05, 0.1) is 12.5 Å². The molecular formula is C23H27ClN2O4S. The van der Waals surface area contributed by atoms with Crippen molar-refractivity contribution in [2.45, 2.75) is 37.6 Å². The molecule has 6 nitrogen and oxygen atoms in total. The number of fused-ring (bicyclic) bond motifs is 1. The molecular weight excluding hydrogens is 436 g/mol. The maximum absolute atomic E-state index is 13.4. The average Bonchev–Trinajstić information content (AvgIpc) is 2.79. The molecule has 2 heterocycles. The minimum atomic E-state index is -3.83. The van der Waals surface area contributed by atoms with Crippen LogP contribution in [0.1, 0.15) is 30.9 Å². The van der Waals surface area contributed by atoms with Crippen LogP contribution in [0, 0.1) is 5.92 Å². The third-order valence-corrected chi connectivity index (χ3v) is 8.12. The van der Waals surface area contributed by atoms with Crippen molar-refractivity contribution in [1.82, 2.24) is 9.21 Å². The van der Waals surface area contributed by atoms with Crippen molar-refractivity contribution < 1.29 is 17.9 Å². The van der Waals surface area contributed by atoms with Gasteiger partial charge in [0.1, 0.15) is 10.6 Å². The molecule has 1 fully saturated rings. The van der Waals surface area contributed by atoms with E-state index >= 15 is 0 Å². The molecule has 4 rings (SSSR count). The van der Waals surface area contributed by atoms with Gasteiger partial charge in [0.25, 0.3) is 0 Å². The van der Waals surface area contributed by atoms with E-state index in [2.05, 4.69) is 12.1 Å². The largest absolute Gasteiger partial charge is 0.492 e. The van der Waals surface area contributed by atoms with Crippen LogP contribution in [-0.4, -0.2) is 49.8 Å². The van der Waals surface area contributed by atoms with Crippen LogP contribution in [0.4, 0.5) is 0 Å². The number of sulfonamides is 1. The minimum absolute atomic E-state index is 0.0329. The molecule has 0 saturated carbocycles. The Balaban J connectivity index is 1.52. The number of carbonyl (C=O) groups is 1. The van der Waals surface area contributed by atoms with Crippen LogP contribution in [0.5, 0.6) is 5.75 Å². The quantitative estimate of drug-likeness (QED) is 0.679. The molecule has 31 heavy (non-hydrogen) atoms. The van der Waals surface area contributed by atoms with E-state index in [0.29, 0.717) is 44.1 Å². The van der Waals surface area contributed by atoms with Gasteiger partial charge in [-0.3, -0.25) is 4.79 Å². The summed E-state index contributed by atoms with van der Waals surface area (Å²) >= 11 is 6.08. The molecule has 8 heteroatoms. The summed E-state index contributed by atoms with van der Waals surface area (Å²) in [5.41, 5.74) is 2.45. The summed E-state index contributed by atoms with van der Waals surface area (Å²) in [6.07, 6.45) is 2.17. The number of benzene rings is 2. The van der Waals surface area contributed by atoms with Gasteiger partial charge in [-0.05, 0) is 55.5 Å². The number of ether oxygens (including phenoxy) is 1. The second-order valence-corrected chi connectivity index (χ2v) is 10.3. The van der Waals surface area contributed by atoms with Crippen molar-refractivity contribution >= 4 is 27.5 Å². The molecule has 2 aromatic rings. The van der Waals surface area contributed by atoms with Crippen molar-refractivity contribution in [2.75, 3.05) is 26.2 Å². The normalized spacial score (nSPS) is 19.7. The molecule has 0 aromatic heterocycles. The number of piperidine rings is 1. The SMILES string of the molecule is CCOc1ccc(Cl)cc1S(=O)(=O)N1CCC[C@H](C(=O)N2CCc3ccccc3C2)C1. The lowest BCUT2D eigenvalue weighted by Crippen LogP contribution is -2.47. The van der Waals surface area contributed by atoms with E-state index in [4.69, 9.17) is 16.3 Å². The molecule has 2 aliphatic rings. The lowest BCUT2D eigenvalue weighted by Gasteiger charge is -2.36. The number of halogens is 1. The highest BCUT2D eigenvalue weighted by molar-refractivity contribution is 7.89. The van der Waals surface area contributed by atoms with Gasteiger partial charge >= 0.3 is 0 Å². The zero-order valence-electron chi connectivity index (χ0n) is 17.6. The summed E-state index contributed by atoms with van der Waals surface area (Å²) < 4.78 is 33.8. The molecule has 0 aliphatic carbocycles. The van der Waals surface area contributed by atoms with Crippen LogP contribution >= 0.6 is 11.6 Å². The Hall–Kier alpha value is -2.09. The van der Waals surface area contributed by atoms with Crippen LogP contribution in [0.15, 0.2) is 47.4 Å². The van der Waals surface area contributed by atoms with Crippen molar-refractivity contribution in [1.29, 1.82) is 0 Å². The lowest BCUT2D eigenvalue weighted by atomic mass is 9.95. The zero-order chi connectivity index (χ0) is 22.0. The Morgan fingerprint density at radius 1 is 1.16 bits per heavy atom. The number of hydrogen-bond donors (Lipinski definition) is 0. The van der Waals surface area contributed by atoms with E-state index in [0.717, 1.165) is 6.42 Å². The van der Waals surface area contributed by atoms with Crippen molar-refractivity contribution in [3.8, 4) is 5.75 Å². The molecule has 0 N–H and O–H groups in total. The van der Waals surface area contributed by atoms with Crippen LogP contribution in [0.3, 0.4) is 0 Å². The van der Waals surface area contributed by atoms with Gasteiger partial charge < -0.3 is 9.64 Å². The molecule has 2 aliphatic heterocycles. The maximum atomic E-state index is 13.4. The topological polar surface area (TPSA) is 66.9 Å². The van der Waals surface area contributed by atoms with E-state index in [9.17, 15) is 13.2 Å². The zero-order valence-corrected chi connectivity index (χ0v) is 19.2. The summed E-state index contributed by atoms with van der Waals surface area (Å²) in [4.78, 5) is 15.2. The van der Waals surface area contributed by atoms with E-state index in [1.807, 2.05) is 17.0 Å². The number of hydrogen-bond acceptors (Lipinski definition) is 4. The van der Waals surface area contributed by atoms with E-state index in [-0.39, 0.29) is 29.0 Å². The first-order valence-electron chi connectivity index (χ1n) is 10.7. The third kappa shape index (κ3) is 4.59. The Morgan fingerprint density at radius 3 is 2.71 bits per heavy atom. The summed E-state index contributed by atoms with van der Waals surface area (Å²) in [5.74, 6) is -0.0259. The fourth-order valence-electron chi connectivity index (χ4n) is 4.40. The molecule has 0 radical (unpaired) electrons. The number of amides is 1.